The Morgan fingerprint density at radius 3 is 2.20 bits per heavy atom. The third kappa shape index (κ3) is 3.44. The Bertz CT molecular complexity index is 1100. The highest BCUT2D eigenvalue weighted by Crippen LogP contribution is 2.30. The van der Waals surface area contributed by atoms with E-state index < -0.39 is 17.8 Å². The second-order valence-corrected chi connectivity index (χ2v) is 7.12. The highest BCUT2D eigenvalue weighted by Gasteiger charge is 2.38. The van der Waals surface area contributed by atoms with Crippen molar-refractivity contribution in [1.82, 2.24) is 24.7 Å². The smallest absolute Gasteiger partial charge is 0.351 e. The van der Waals surface area contributed by atoms with Crippen molar-refractivity contribution in [1.29, 1.82) is 0 Å². The number of hydrogen-bond donors (Lipinski definition) is 0. The number of rotatable bonds is 2. The number of carbonyl (C=O) groups excluding carboxylic acids is 1. The van der Waals surface area contributed by atoms with Crippen molar-refractivity contribution < 1.29 is 22.4 Å². The lowest BCUT2D eigenvalue weighted by molar-refractivity contribution is -0.146. The number of hydrogen-bond acceptors (Lipinski definition) is 5. The fraction of sp³-hybridized carbons (Fsp3) is 0.368. The summed E-state index contributed by atoms with van der Waals surface area (Å²) >= 11 is 0. The minimum Gasteiger partial charge on any atom is -0.351 e. The highest BCUT2D eigenvalue weighted by atomic mass is 19.4. The fourth-order valence-electron chi connectivity index (χ4n) is 3.49. The Kier molecular flexibility index (Phi) is 4.83. The van der Waals surface area contributed by atoms with Gasteiger partial charge in [0.05, 0.1) is 0 Å². The van der Waals surface area contributed by atoms with Gasteiger partial charge >= 0.3 is 6.18 Å². The van der Waals surface area contributed by atoms with Crippen LogP contribution in [0.1, 0.15) is 27.3 Å². The van der Waals surface area contributed by atoms with Crippen molar-refractivity contribution in [2.24, 2.45) is 0 Å². The standard InChI is InChI=1S/C19H18F4N6O/c1-11-12(2)16(26-29-15(11)24-25-18(29)19(21,22)23)27-7-9-28(10-8-27)17(30)13-3-5-14(20)6-4-13/h3-6H,7-10H2,1-2H3. The molecule has 3 aromatic rings. The fourth-order valence-corrected chi connectivity index (χ4v) is 3.49. The van der Waals surface area contributed by atoms with Crippen molar-refractivity contribution in [3.8, 4) is 0 Å². The molecule has 1 fully saturated rings. The summed E-state index contributed by atoms with van der Waals surface area (Å²) in [4.78, 5) is 16.1. The molecule has 11 heteroatoms. The zero-order valence-corrected chi connectivity index (χ0v) is 16.2. The van der Waals surface area contributed by atoms with Gasteiger partial charge in [-0.3, -0.25) is 4.79 Å². The second kappa shape index (κ2) is 7.22. The van der Waals surface area contributed by atoms with E-state index in [0.717, 1.165) is 4.52 Å². The lowest BCUT2D eigenvalue weighted by atomic mass is 10.1. The molecular weight excluding hydrogens is 404 g/mol. The van der Waals surface area contributed by atoms with E-state index in [-0.39, 0.29) is 11.6 Å². The molecule has 30 heavy (non-hydrogen) atoms. The first kappa shape index (κ1) is 20.0. The van der Waals surface area contributed by atoms with E-state index in [9.17, 15) is 22.4 Å². The minimum absolute atomic E-state index is 0.0636. The molecule has 0 radical (unpaired) electrons. The van der Waals surface area contributed by atoms with Crippen molar-refractivity contribution in [3.05, 3.63) is 52.6 Å². The van der Waals surface area contributed by atoms with Crippen molar-refractivity contribution in [2.75, 3.05) is 31.1 Å². The summed E-state index contributed by atoms with van der Waals surface area (Å²) in [7, 11) is 0. The van der Waals surface area contributed by atoms with Gasteiger partial charge in [-0.25, -0.2) is 4.39 Å². The predicted molar refractivity (Wildman–Crippen MR) is 99.8 cm³/mol. The molecule has 0 aliphatic carbocycles. The van der Waals surface area contributed by atoms with Crippen LogP contribution in [0.4, 0.5) is 23.4 Å². The molecule has 1 amide bonds. The zero-order valence-electron chi connectivity index (χ0n) is 16.2. The predicted octanol–water partition coefficient (Wildman–Crippen LogP) is 2.86. The molecular formula is C19H18F4N6O. The molecule has 0 N–H and O–H groups in total. The summed E-state index contributed by atoms with van der Waals surface area (Å²) in [6, 6.07) is 5.31. The summed E-state index contributed by atoms with van der Waals surface area (Å²) in [5, 5.41) is 11.1. The molecule has 0 unspecified atom stereocenters. The normalized spacial score (nSPS) is 15.1. The van der Waals surface area contributed by atoms with Crippen LogP contribution < -0.4 is 4.90 Å². The van der Waals surface area contributed by atoms with Gasteiger partial charge in [0.15, 0.2) is 11.5 Å². The van der Waals surface area contributed by atoms with Gasteiger partial charge in [0, 0.05) is 42.9 Å². The summed E-state index contributed by atoms with van der Waals surface area (Å²) in [6.07, 6.45) is -4.67. The van der Waals surface area contributed by atoms with Gasteiger partial charge in [0.2, 0.25) is 0 Å². The van der Waals surface area contributed by atoms with Crippen LogP contribution in [0.5, 0.6) is 0 Å². The quantitative estimate of drug-likeness (QED) is 0.595. The first-order valence-corrected chi connectivity index (χ1v) is 9.26. The highest BCUT2D eigenvalue weighted by molar-refractivity contribution is 5.94. The van der Waals surface area contributed by atoms with Crippen LogP contribution >= 0.6 is 0 Å². The molecule has 1 aliphatic rings. The number of amides is 1. The van der Waals surface area contributed by atoms with Gasteiger partial charge in [-0.15, -0.1) is 15.3 Å². The largest absolute Gasteiger partial charge is 0.453 e. The minimum atomic E-state index is -4.67. The molecule has 1 aromatic carbocycles. The number of aromatic nitrogens is 4. The average molecular weight is 422 g/mol. The third-order valence-electron chi connectivity index (χ3n) is 5.28. The number of nitrogens with zero attached hydrogens (tertiary/aromatic N) is 6. The Morgan fingerprint density at radius 2 is 1.60 bits per heavy atom. The van der Waals surface area contributed by atoms with Gasteiger partial charge in [0.1, 0.15) is 5.82 Å². The zero-order chi connectivity index (χ0) is 21.6. The second-order valence-electron chi connectivity index (χ2n) is 7.12. The third-order valence-corrected chi connectivity index (χ3v) is 5.28. The molecule has 1 aliphatic heterocycles. The first-order valence-electron chi connectivity index (χ1n) is 9.26. The number of carbonyl (C=O) groups is 1. The van der Waals surface area contributed by atoms with E-state index in [1.54, 1.807) is 18.7 Å². The monoisotopic (exact) mass is 422 g/mol. The van der Waals surface area contributed by atoms with Crippen LogP contribution in [-0.4, -0.2) is 56.8 Å². The molecule has 3 heterocycles. The van der Waals surface area contributed by atoms with Crippen LogP contribution in [0, 0.1) is 19.7 Å². The van der Waals surface area contributed by atoms with Gasteiger partial charge in [-0.2, -0.15) is 17.7 Å². The number of benzene rings is 1. The van der Waals surface area contributed by atoms with E-state index in [2.05, 4.69) is 15.3 Å². The number of alkyl halides is 3. The lowest BCUT2D eigenvalue weighted by Crippen LogP contribution is -2.49. The summed E-state index contributed by atoms with van der Waals surface area (Å²) in [5.74, 6) is -1.41. The van der Waals surface area contributed by atoms with Gasteiger partial charge < -0.3 is 9.80 Å². The van der Waals surface area contributed by atoms with E-state index in [1.807, 2.05) is 4.90 Å². The van der Waals surface area contributed by atoms with E-state index in [1.165, 1.54) is 24.3 Å². The Labute approximate surface area is 168 Å². The molecule has 158 valence electrons. The first-order chi connectivity index (χ1) is 14.2. The van der Waals surface area contributed by atoms with Crippen LogP contribution in [0.2, 0.25) is 0 Å². The number of aryl methyl sites for hydroxylation is 1. The van der Waals surface area contributed by atoms with Crippen molar-refractivity contribution >= 4 is 17.4 Å². The molecule has 0 spiro atoms. The van der Waals surface area contributed by atoms with Gasteiger partial charge in [0.25, 0.3) is 11.7 Å². The Hall–Kier alpha value is -3.24. The summed E-state index contributed by atoms with van der Waals surface area (Å²) in [5.41, 5.74) is 1.72. The molecule has 0 saturated carbocycles. The average Bonchev–Trinajstić information content (AvgIpc) is 3.15. The van der Waals surface area contributed by atoms with Crippen LogP contribution in [0.25, 0.3) is 5.65 Å². The Morgan fingerprint density at radius 1 is 0.967 bits per heavy atom. The molecule has 0 atom stereocenters. The maximum absolute atomic E-state index is 13.2. The molecule has 2 aromatic heterocycles. The molecule has 0 bridgehead atoms. The maximum atomic E-state index is 13.2. The van der Waals surface area contributed by atoms with E-state index in [0.29, 0.717) is 48.7 Å². The van der Waals surface area contributed by atoms with Crippen molar-refractivity contribution in [3.63, 3.8) is 0 Å². The Balaban J connectivity index is 1.58. The lowest BCUT2D eigenvalue weighted by Gasteiger charge is -2.36. The topological polar surface area (TPSA) is 66.6 Å². The molecule has 4 rings (SSSR count). The summed E-state index contributed by atoms with van der Waals surface area (Å²) in [6.45, 7) is 4.98. The van der Waals surface area contributed by atoms with Crippen LogP contribution in [-0.2, 0) is 6.18 Å². The maximum Gasteiger partial charge on any atom is 0.453 e. The molecule has 7 nitrogen and oxygen atoms in total. The number of anilines is 1. The van der Waals surface area contributed by atoms with Gasteiger partial charge in [-0.05, 0) is 38.1 Å². The SMILES string of the molecule is Cc1c(N2CCN(C(=O)c3ccc(F)cc3)CC2)nn2c(C(F)(F)F)nnc2c1C. The number of piperazine rings is 1. The van der Waals surface area contributed by atoms with E-state index in [4.69, 9.17) is 0 Å². The molecule has 1 saturated heterocycles. The van der Waals surface area contributed by atoms with Crippen LogP contribution in [0.15, 0.2) is 24.3 Å². The number of fused-ring (bicyclic) bond motifs is 1. The number of halogens is 4. The van der Waals surface area contributed by atoms with Gasteiger partial charge in [-0.1, -0.05) is 0 Å². The summed E-state index contributed by atoms with van der Waals surface area (Å²) < 4.78 is 53.5. The van der Waals surface area contributed by atoms with Crippen LogP contribution in [0.3, 0.4) is 0 Å². The van der Waals surface area contributed by atoms with Crippen molar-refractivity contribution in [2.45, 2.75) is 20.0 Å². The van der Waals surface area contributed by atoms with E-state index >= 15 is 0 Å².